The van der Waals surface area contributed by atoms with Gasteiger partial charge in [0, 0.05) is 6.20 Å². The number of nitrogens with zero attached hydrogens (tertiary/aromatic N) is 1. The molecule has 1 heterocycles. The highest BCUT2D eigenvalue weighted by Crippen LogP contribution is 2.27. The van der Waals surface area contributed by atoms with Gasteiger partial charge in [-0.05, 0) is 0 Å². The molecule has 1 rings (SSSR count). The number of ether oxygens (including phenoxy) is 1. The van der Waals surface area contributed by atoms with E-state index < -0.39 is 43.9 Å². The second-order valence-electron chi connectivity index (χ2n) is 3.55. The molecule has 1 aromatic heterocycles. The van der Waals surface area contributed by atoms with Gasteiger partial charge < -0.3 is 10.1 Å². The van der Waals surface area contributed by atoms with E-state index in [0.29, 0.717) is 0 Å². The van der Waals surface area contributed by atoms with Crippen molar-refractivity contribution in [2.24, 2.45) is 0 Å². The number of halogens is 5. The predicted octanol–water partition coefficient (Wildman–Crippen LogP) is 2.68. The van der Waals surface area contributed by atoms with Crippen LogP contribution in [-0.2, 0) is 9.53 Å². The molecule has 0 atom stereocenters. The number of imide groups is 1. The quantitative estimate of drug-likeness (QED) is 0.458. The first kappa shape index (κ1) is 18.7. The van der Waals surface area contributed by atoms with E-state index in [1.165, 1.54) is 0 Å². The van der Waals surface area contributed by atoms with E-state index in [0.717, 1.165) is 13.3 Å². The van der Waals surface area contributed by atoms with E-state index in [1.54, 1.807) is 5.32 Å². The smallest absolute Gasteiger partial charge is 0.341 e. The number of carbonyl (C=O) groups excluding carboxylic acids is 3. The summed E-state index contributed by atoms with van der Waals surface area (Å²) in [6.45, 7) is 0. The molecule has 0 unspecified atom stereocenters. The predicted molar refractivity (Wildman–Crippen MR) is 78.0 cm³/mol. The first-order chi connectivity index (χ1) is 10.1. The highest BCUT2D eigenvalue weighted by molar-refractivity contribution is 6.76. The summed E-state index contributed by atoms with van der Waals surface area (Å²) in [6, 6.07) is -1.26. The van der Waals surface area contributed by atoms with E-state index in [4.69, 9.17) is 46.4 Å². The Morgan fingerprint density at radius 1 is 1.32 bits per heavy atom. The van der Waals surface area contributed by atoms with Gasteiger partial charge in [-0.25, -0.2) is 19.0 Å². The SMILES string of the molecule is COC(=O)c1cnc(Cl)c(F)c1NC(=O)NC(=O)C(Cl)(Cl)Cl. The lowest BCUT2D eigenvalue weighted by Crippen LogP contribution is -2.41. The molecule has 0 fully saturated rings. The van der Waals surface area contributed by atoms with Crippen molar-refractivity contribution in [2.75, 3.05) is 12.4 Å². The number of hydrogen-bond donors (Lipinski definition) is 2. The second-order valence-corrected chi connectivity index (χ2v) is 6.19. The topological polar surface area (TPSA) is 97.4 Å². The zero-order valence-electron chi connectivity index (χ0n) is 10.5. The molecule has 0 radical (unpaired) electrons. The molecule has 22 heavy (non-hydrogen) atoms. The first-order valence-corrected chi connectivity index (χ1v) is 6.70. The Morgan fingerprint density at radius 2 is 1.91 bits per heavy atom. The Labute approximate surface area is 143 Å². The Balaban J connectivity index is 3.06. The van der Waals surface area contributed by atoms with Gasteiger partial charge in [-0.3, -0.25) is 10.1 Å². The van der Waals surface area contributed by atoms with Crippen LogP contribution in [0.3, 0.4) is 0 Å². The maximum absolute atomic E-state index is 13.9. The molecular weight excluding hydrogens is 387 g/mol. The molecule has 0 saturated heterocycles. The van der Waals surface area contributed by atoms with E-state index in [9.17, 15) is 18.8 Å². The van der Waals surface area contributed by atoms with Gasteiger partial charge in [-0.15, -0.1) is 0 Å². The lowest BCUT2D eigenvalue weighted by Gasteiger charge is -2.13. The van der Waals surface area contributed by atoms with Crippen LogP contribution in [0.5, 0.6) is 0 Å². The number of alkyl halides is 3. The van der Waals surface area contributed by atoms with Crippen molar-refractivity contribution in [2.45, 2.75) is 3.79 Å². The minimum Gasteiger partial charge on any atom is -0.465 e. The number of anilines is 1. The molecule has 0 aromatic carbocycles. The fourth-order valence-electron chi connectivity index (χ4n) is 1.17. The van der Waals surface area contributed by atoms with Crippen molar-refractivity contribution < 1.29 is 23.5 Å². The molecule has 2 N–H and O–H groups in total. The number of carbonyl (C=O) groups is 3. The van der Waals surface area contributed by atoms with Gasteiger partial charge in [0.2, 0.25) is 0 Å². The molecule has 0 saturated carbocycles. The lowest BCUT2D eigenvalue weighted by atomic mass is 10.2. The number of nitrogens with one attached hydrogen (secondary N) is 2. The number of hydrogen-bond acceptors (Lipinski definition) is 5. The molecule has 12 heteroatoms. The number of esters is 1. The van der Waals surface area contributed by atoms with Gasteiger partial charge in [0.15, 0.2) is 11.0 Å². The molecule has 3 amide bonds. The van der Waals surface area contributed by atoms with Crippen LogP contribution in [0.15, 0.2) is 6.20 Å². The lowest BCUT2D eigenvalue weighted by molar-refractivity contribution is -0.119. The van der Waals surface area contributed by atoms with E-state index in [1.807, 2.05) is 5.32 Å². The van der Waals surface area contributed by atoms with Crippen LogP contribution in [0, 0.1) is 5.82 Å². The summed E-state index contributed by atoms with van der Waals surface area (Å²) in [5, 5.41) is 2.91. The normalized spacial score (nSPS) is 10.8. The fraction of sp³-hybridized carbons (Fsp3) is 0.200. The summed E-state index contributed by atoms with van der Waals surface area (Å²) < 4.78 is 15.9. The second kappa shape index (κ2) is 7.28. The van der Waals surface area contributed by atoms with Gasteiger partial charge in [-0.2, -0.15) is 0 Å². The minimum atomic E-state index is -2.41. The van der Waals surface area contributed by atoms with Gasteiger partial charge >= 0.3 is 12.0 Å². The first-order valence-electron chi connectivity index (χ1n) is 5.19. The van der Waals surface area contributed by atoms with Crippen molar-refractivity contribution >= 4 is 70.0 Å². The van der Waals surface area contributed by atoms with Crippen molar-refractivity contribution in [1.82, 2.24) is 10.3 Å². The van der Waals surface area contributed by atoms with Crippen LogP contribution in [0.4, 0.5) is 14.9 Å². The number of methoxy groups -OCH3 is 1. The molecule has 0 aliphatic rings. The Bertz CT molecular complexity index is 635. The highest BCUT2D eigenvalue weighted by Gasteiger charge is 2.32. The monoisotopic (exact) mass is 391 g/mol. The molecule has 0 bridgehead atoms. The van der Waals surface area contributed by atoms with Gasteiger partial charge in [-0.1, -0.05) is 46.4 Å². The zero-order chi connectivity index (χ0) is 17.1. The molecule has 0 aliphatic carbocycles. The van der Waals surface area contributed by atoms with Gasteiger partial charge in [0.1, 0.15) is 5.56 Å². The molecule has 7 nitrogen and oxygen atoms in total. The van der Waals surface area contributed by atoms with Gasteiger partial charge in [0.05, 0.1) is 12.8 Å². The number of amides is 3. The summed E-state index contributed by atoms with van der Waals surface area (Å²) >= 11 is 21.2. The van der Waals surface area contributed by atoms with Crippen LogP contribution in [0.2, 0.25) is 5.15 Å². The Hall–Kier alpha value is -1.35. The minimum absolute atomic E-state index is 0.430. The zero-order valence-corrected chi connectivity index (χ0v) is 13.6. The summed E-state index contributed by atoms with van der Waals surface area (Å²) in [4.78, 5) is 37.8. The highest BCUT2D eigenvalue weighted by atomic mass is 35.6. The van der Waals surface area contributed by atoms with Crippen molar-refractivity contribution in [3.05, 3.63) is 22.7 Å². The number of rotatable bonds is 2. The summed E-state index contributed by atoms with van der Waals surface area (Å²) in [7, 11) is 1.03. The molecular formula is C10H6Cl4FN3O4. The molecule has 120 valence electrons. The summed E-state index contributed by atoms with van der Waals surface area (Å²) in [5.74, 6) is -3.48. The Morgan fingerprint density at radius 3 is 2.41 bits per heavy atom. The Kier molecular flexibility index (Phi) is 6.18. The standard InChI is InChI=1S/C10H6Cl4FN3O4/c1-22-7(19)3-2-16-6(11)4(15)5(3)17-9(21)18-8(20)10(12,13)14/h2H,1H3,(H2,16,17,18,20,21). The van der Waals surface area contributed by atoms with Crippen LogP contribution in [0.25, 0.3) is 0 Å². The number of urea groups is 1. The maximum atomic E-state index is 13.9. The van der Waals surface area contributed by atoms with Crippen LogP contribution in [0.1, 0.15) is 10.4 Å². The van der Waals surface area contributed by atoms with Crippen molar-refractivity contribution in [3.8, 4) is 0 Å². The maximum Gasteiger partial charge on any atom is 0.341 e. The molecule has 0 spiro atoms. The van der Waals surface area contributed by atoms with Crippen LogP contribution < -0.4 is 10.6 Å². The average Bonchev–Trinajstić information content (AvgIpc) is 2.42. The summed E-state index contributed by atoms with van der Waals surface area (Å²) in [6.07, 6.45) is 0.879. The number of pyridine rings is 1. The summed E-state index contributed by atoms with van der Waals surface area (Å²) in [5.41, 5.74) is -1.08. The number of aromatic nitrogens is 1. The van der Waals surface area contributed by atoms with Crippen molar-refractivity contribution in [1.29, 1.82) is 0 Å². The van der Waals surface area contributed by atoms with E-state index >= 15 is 0 Å². The average molecular weight is 393 g/mol. The third kappa shape index (κ3) is 4.57. The van der Waals surface area contributed by atoms with Crippen LogP contribution in [-0.4, -0.2) is 33.8 Å². The fourth-order valence-corrected chi connectivity index (χ4v) is 1.45. The van der Waals surface area contributed by atoms with E-state index in [-0.39, 0.29) is 0 Å². The van der Waals surface area contributed by atoms with E-state index in [2.05, 4.69) is 9.72 Å². The molecule has 1 aromatic rings. The van der Waals surface area contributed by atoms with Crippen molar-refractivity contribution in [3.63, 3.8) is 0 Å². The van der Waals surface area contributed by atoms with Crippen LogP contribution >= 0.6 is 46.4 Å². The third-order valence-corrected chi connectivity index (χ3v) is 2.88. The van der Waals surface area contributed by atoms with Gasteiger partial charge in [0.25, 0.3) is 9.70 Å². The molecule has 0 aliphatic heterocycles. The third-order valence-electron chi connectivity index (χ3n) is 2.11. The largest absolute Gasteiger partial charge is 0.465 e.